The molecule has 2 unspecified atom stereocenters. The van der Waals surface area contributed by atoms with Gasteiger partial charge in [-0.25, -0.2) is 13.4 Å². The third-order valence-corrected chi connectivity index (χ3v) is 8.71. The van der Waals surface area contributed by atoms with E-state index < -0.39 is 10.0 Å². The van der Waals surface area contributed by atoms with Gasteiger partial charge in [-0.05, 0) is 44.6 Å². The van der Waals surface area contributed by atoms with E-state index in [2.05, 4.69) is 31.9 Å². The quantitative estimate of drug-likeness (QED) is 0.633. The Morgan fingerprint density at radius 1 is 1.43 bits per heavy atom. The van der Waals surface area contributed by atoms with Crippen LogP contribution in [0.25, 0.3) is 0 Å². The number of nitrogens with one attached hydrogen (secondary N) is 1. The van der Waals surface area contributed by atoms with Crippen molar-refractivity contribution < 1.29 is 13.2 Å². The normalized spacial score (nSPS) is 25.2. The number of rotatable bonds is 7. The molecule has 3 rings (SSSR count). The number of nitrogens with zero attached hydrogens (tertiary/aromatic N) is 5. The van der Waals surface area contributed by atoms with Gasteiger partial charge in [-0.1, -0.05) is 0 Å². The van der Waals surface area contributed by atoms with Crippen molar-refractivity contribution in [1.82, 2.24) is 14.2 Å². The van der Waals surface area contributed by atoms with Gasteiger partial charge in [0, 0.05) is 44.3 Å². The van der Waals surface area contributed by atoms with Crippen LogP contribution in [0.15, 0.2) is 28.0 Å². The van der Waals surface area contributed by atoms with Gasteiger partial charge in [0.05, 0.1) is 17.5 Å². The lowest BCUT2D eigenvalue weighted by Crippen LogP contribution is -2.33. The van der Waals surface area contributed by atoms with Crippen molar-refractivity contribution in [1.29, 1.82) is 0 Å². The smallest absolute Gasteiger partial charge is 0.223 e. The first-order chi connectivity index (χ1) is 14.3. The second-order valence-corrected chi connectivity index (χ2v) is 10.8. The number of amides is 1. The summed E-state index contributed by atoms with van der Waals surface area (Å²) in [7, 11) is -1.72. The number of aromatic nitrogens is 1. The Morgan fingerprint density at radius 3 is 2.90 bits per heavy atom. The molecule has 164 valence electrons. The van der Waals surface area contributed by atoms with Gasteiger partial charge >= 0.3 is 0 Å². The van der Waals surface area contributed by atoms with E-state index in [0.717, 1.165) is 17.8 Å². The largest absolute Gasteiger partial charge is 0.302 e. The minimum absolute atomic E-state index is 0.113. The first kappa shape index (κ1) is 22.7. The van der Waals surface area contributed by atoms with Crippen molar-refractivity contribution in [2.45, 2.75) is 31.6 Å². The summed E-state index contributed by atoms with van der Waals surface area (Å²) in [4.78, 5) is 26.5. The molecule has 0 radical (unpaired) electrons. The molecule has 1 amide bonds. The molecule has 9 nitrogen and oxygen atoms in total. The minimum Gasteiger partial charge on any atom is -0.302 e. The molecule has 30 heavy (non-hydrogen) atoms. The van der Waals surface area contributed by atoms with Crippen molar-refractivity contribution in [3.63, 3.8) is 0 Å². The summed E-state index contributed by atoms with van der Waals surface area (Å²) < 4.78 is 27.8. The van der Waals surface area contributed by atoms with Gasteiger partial charge in [-0.2, -0.15) is 4.31 Å². The zero-order valence-corrected chi connectivity index (χ0v) is 19.0. The molecule has 0 aromatic carbocycles. The summed E-state index contributed by atoms with van der Waals surface area (Å²) in [5.74, 6) is -0.0257. The topological polar surface area (TPSA) is 107 Å². The minimum atomic E-state index is -3.37. The van der Waals surface area contributed by atoms with Gasteiger partial charge in [-0.15, -0.1) is 11.3 Å². The fraction of sp³-hybridized carbons (Fsp3) is 0.579. The van der Waals surface area contributed by atoms with Gasteiger partial charge in [0.15, 0.2) is 5.13 Å². The fourth-order valence-electron chi connectivity index (χ4n) is 3.97. The summed E-state index contributed by atoms with van der Waals surface area (Å²) >= 11 is 1.45. The van der Waals surface area contributed by atoms with Crippen LogP contribution < -0.4 is 5.32 Å². The second-order valence-electron chi connectivity index (χ2n) is 7.53. The van der Waals surface area contributed by atoms with Crippen LogP contribution in [-0.2, 0) is 21.4 Å². The third-order valence-electron chi connectivity index (χ3n) is 5.43. The molecule has 2 atom stereocenters. The van der Waals surface area contributed by atoms with Crippen molar-refractivity contribution in [2.24, 2.45) is 15.9 Å². The second kappa shape index (κ2) is 9.90. The van der Waals surface area contributed by atoms with Gasteiger partial charge < -0.3 is 5.32 Å². The summed E-state index contributed by atoms with van der Waals surface area (Å²) in [6, 6.07) is 0. The Labute approximate surface area is 181 Å². The number of carbonyl (C=O) groups excluding carboxylic acids is 1. The molecule has 0 spiro atoms. The molecular formula is C19H28N6O3S2. The maximum absolute atomic E-state index is 13.1. The number of carbonyl (C=O) groups is 1. The van der Waals surface area contributed by atoms with Crippen molar-refractivity contribution in [3.05, 3.63) is 22.8 Å². The molecule has 1 aromatic rings. The molecular weight excluding hydrogens is 424 g/mol. The van der Waals surface area contributed by atoms with Crippen LogP contribution in [0.4, 0.5) is 5.13 Å². The van der Waals surface area contributed by atoms with E-state index >= 15 is 0 Å². The highest BCUT2D eigenvalue weighted by atomic mass is 32.2. The monoisotopic (exact) mass is 452 g/mol. The molecule has 0 aliphatic carbocycles. The molecule has 2 saturated heterocycles. The van der Waals surface area contributed by atoms with Gasteiger partial charge in [-0.3, -0.25) is 19.7 Å². The molecule has 2 aliphatic rings. The highest BCUT2D eigenvalue weighted by Gasteiger charge is 2.46. The van der Waals surface area contributed by atoms with E-state index in [1.807, 2.05) is 0 Å². The molecule has 11 heteroatoms. The Morgan fingerprint density at radius 2 is 2.20 bits per heavy atom. The highest BCUT2D eigenvalue weighted by Crippen LogP contribution is 2.35. The Bertz CT molecular complexity index is 940. The summed E-state index contributed by atoms with van der Waals surface area (Å²) in [5.41, 5.74) is 0.599. The zero-order valence-electron chi connectivity index (χ0n) is 17.3. The SMILES string of the molecule is C=N/C(=C\C=NC)CN1CC2CCN(Cc3cnc(NC(C)=O)s3)CCC2S1(=O)=O. The number of fused-ring (bicyclic) bond motifs is 1. The van der Waals surface area contributed by atoms with Crippen molar-refractivity contribution in [2.75, 3.05) is 38.5 Å². The number of allylic oxidation sites excluding steroid dienone is 1. The number of sulfonamides is 1. The number of thiazole rings is 1. The van der Waals surface area contributed by atoms with E-state index in [9.17, 15) is 13.2 Å². The standard InChI is InChI=1S/C19H28N6O3S2/c1-14(26)23-19-22-10-17(29-19)13-24-8-5-15-11-25(12-16(21-3)4-7-20-2)30(27,28)18(15)6-9-24/h4,7,10,15,18H,3,5-6,8-9,11-13H2,1-2H3,(H,22,23,26)/b16-4-,20-7?. The first-order valence-corrected chi connectivity index (χ1v) is 12.2. The van der Waals surface area contributed by atoms with Crippen molar-refractivity contribution in [3.8, 4) is 0 Å². The Kier molecular flexibility index (Phi) is 7.50. The number of anilines is 1. The van der Waals surface area contributed by atoms with Crippen LogP contribution in [0, 0.1) is 5.92 Å². The Hall–Kier alpha value is -1.95. The fourth-order valence-corrected chi connectivity index (χ4v) is 7.08. The van der Waals surface area contributed by atoms with Crippen LogP contribution in [-0.4, -0.2) is 79.9 Å². The first-order valence-electron chi connectivity index (χ1n) is 9.85. The number of aliphatic imine (C=N–C) groups is 2. The lowest BCUT2D eigenvalue weighted by molar-refractivity contribution is -0.114. The summed E-state index contributed by atoms with van der Waals surface area (Å²) in [6.07, 6.45) is 6.50. The molecule has 2 aliphatic heterocycles. The highest BCUT2D eigenvalue weighted by molar-refractivity contribution is 7.90. The predicted molar refractivity (Wildman–Crippen MR) is 121 cm³/mol. The lowest BCUT2D eigenvalue weighted by atomic mass is 10.0. The predicted octanol–water partition coefficient (Wildman–Crippen LogP) is 1.61. The van der Waals surface area contributed by atoms with Crippen LogP contribution in [0.5, 0.6) is 0 Å². The van der Waals surface area contributed by atoms with Gasteiger partial charge in [0.1, 0.15) is 0 Å². The van der Waals surface area contributed by atoms with E-state index in [1.54, 1.807) is 29.8 Å². The maximum atomic E-state index is 13.1. The number of hydrogen-bond acceptors (Lipinski definition) is 8. The van der Waals surface area contributed by atoms with E-state index in [4.69, 9.17) is 0 Å². The maximum Gasteiger partial charge on any atom is 0.223 e. The van der Waals surface area contributed by atoms with Crippen LogP contribution >= 0.6 is 11.3 Å². The van der Waals surface area contributed by atoms with Crippen molar-refractivity contribution >= 4 is 45.3 Å². The van der Waals surface area contributed by atoms with Gasteiger partial charge in [0.25, 0.3) is 0 Å². The molecule has 0 bridgehead atoms. The number of likely N-dealkylation sites (tertiary alicyclic amines) is 1. The molecule has 1 N–H and O–H groups in total. The summed E-state index contributed by atoms with van der Waals surface area (Å²) in [5, 5.41) is 2.93. The molecule has 2 fully saturated rings. The lowest BCUT2D eigenvalue weighted by Gasteiger charge is -2.21. The van der Waals surface area contributed by atoms with Gasteiger partial charge in [0.2, 0.25) is 15.9 Å². The third kappa shape index (κ3) is 5.39. The molecule has 0 saturated carbocycles. The van der Waals surface area contributed by atoms with E-state index in [-0.39, 0.29) is 23.6 Å². The molecule has 1 aromatic heterocycles. The zero-order chi connectivity index (χ0) is 21.7. The average Bonchev–Trinajstić information content (AvgIpc) is 3.13. The van der Waals surface area contributed by atoms with E-state index in [1.165, 1.54) is 18.3 Å². The number of hydrogen-bond donors (Lipinski definition) is 1. The Balaban J connectivity index is 1.62. The van der Waals surface area contributed by atoms with Crippen LogP contribution in [0.1, 0.15) is 24.6 Å². The van der Waals surface area contributed by atoms with Crippen LogP contribution in [0.3, 0.4) is 0 Å². The van der Waals surface area contributed by atoms with Crippen LogP contribution in [0.2, 0.25) is 0 Å². The summed E-state index contributed by atoms with van der Waals surface area (Å²) in [6.45, 7) is 8.02. The molecule has 3 heterocycles. The van der Waals surface area contributed by atoms with E-state index in [0.29, 0.717) is 36.9 Å². The average molecular weight is 453 g/mol.